The van der Waals surface area contributed by atoms with Gasteiger partial charge in [0.2, 0.25) is 0 Å². The minimum absolute atomic E-state index is 0.203. The molecule has 0 spiro atoms. The molecule has 0 radical (unpaired) electrons. The number of alkyl halides is 3. The Kier molecular flexibility index (Phi) is 3.41. The summed E-state index contributed by atoms with van der Waals surface area (Å²) < 4.78 is 38.1. The van der Waals surface area contributed by atoms with E-state index in [-0.39, 0.29) is 12.0 Å². The molecule has 1 aromatic carbocycles. The number of hydrogen-bond donors (Lipinski definition) is 0. The number of hydrogen-bond acceptors (Lipinski definition) is 1. The molecule has 0 heterocycles. The van der Waals surface area contributed by atoms with Crippen molar-refractivity contribution in [2.45, 2.75) is 31.9 Å². The van der Waals surface area contributed by atoms with Gasteiger partial charge in [-0.25, -0.2) is 0 Å². The summed E-state index contributed by atoms with van der Waals surface area (Å²) in [4.78, 5) is 10.2. The van der Waals surface area contributed by atoms with Crippen LogP contribution in [0.5, 0.6) is 0 Å². The highest BCUT2D eigenvalue weighted by molar-refractivity contribution is 5.55. The van der Waals surface area contributed by atoms with Gasteiger partial charge < -0.3 is 4.79 Å². The quantitative estimate of drug-likeness (QED) is 0.728. The molecule has 1 rings (SSSR count). The maximum absolute atomic E-state index is 12.7. The third-order valence-corrected chi connectivity index (χ3v) is 2.70. The molecule has 0 aliphatic heterocycles. The summed E-state index contributed by atoms with van der Waals surface area (Å²) in [6.07, 6.45) is -3.32. The molecule has 88 valence electrons. The number of rotatable bonds is 3. The summed E-state index contributed by atoms with van der Waals surface area (Å²) >= 11 is 0. The van der Waals surface area contributed by atoms with Crippen LogP contribution >= 0.6 is 0 Å². The zero-order chi connectivity index (χ0) is 12.4. The van der Waals surface area contributed by atoms with E-state index in [9.17, 15) is 18.0 Å². The van der Waals surface area contributed by atoms with Gasteiger partial charge in [-0.15, -0.1) is 0 Å². The van der Waals surface area contributed by atoms with E-state index < -0.39 is 11.6 Å². The number of benzene rings is 1. The van der Waals surface area contributed by atoms with Crippen molar-refractivity contribution < 1.29 is 18.0 Å². The van der Waals surface area contributed by atoms with Gasteiger partial charge in [-0.2, -0.15) is 13.2 Å². The molecule has 0 saturated carbocycles. The lowest BCUT2D eigenvalue weighted by molar-refractivity contribution is -0.180. The van der Waals surface area contributed by atoms with Crippen molar-refractivity contribution in [3.8, 4) is 0 Å². The van der Waals surface area contributed by atoms with E-state index in [2.05, 4.69) is 0 Å². The van der Waals surface area contributed by atoms with Crippen LogP contribution in [0, 0.1) is 0 Å². The lowest BCUT2D eigenvalue weighted by atomic mass is 9.83. The summed E-state index contributed by atoms with van der Waals surface area (Å²) in [5.41, 5.74) is -0.946. The fourth-order valence-corrected chi connectivity index (χ4v) is 1.32. The second-order valence-electron chi connectivity index (χ2n) is 4.19. The predicted octanol–water partition coefficient (Wildman–Crippen LogP) is 3.27. The van der Waals surface area contributed by atoms with Gasteiger partial charge in [0, 0.05) is 6.42 Å². The summed E-state index contributed by atoms with van der Waals surface area (Å²) in [6.45, 7) is 2.28. The Morgan fingerprint density at radius 2 is 1.62 bits per heavy atom. The minimum Gasteiger partial charge on any atom is -0.303 e. The van der Waals surface area contributed by atoms with Crippen molar-refractivity contribution in [1.29, 1.82) is 0 Å². The Hall–Kier alpha value is -1.32. The fourth-order valence-electron chi connectivity index (χ4n) is 1.32. The maximum Gasteiger partial charge on any atom is 0.397 e. The largest absolute Gasteiger partial charge is 0.397 e. The van der Waals surface area contributed by atoms with Gasteiger partial charge in [0.25, 0.3) is 0 Å². The third kappa shape index (κ3) is 2.43. The van der Waals surface area contributed by atoms with Gasteiger partial charge in [-0.1, -0.05) is 24.3 Å². The minimum atomic E-state index is -4.28. The van der Waals surface area contributed by atoms with E-state index in [0.29, 0.717) is 0 Å². The molecule has 0 amide bonds. The normalized spacial score (nSPS) is 12.6. The van der Waals surface area contributed by atoms with Crippen LogP contribution < -0.4 is 0 Å². The highest BCUT2D eigenvalue weighted by Gasteiger charge is 2.48. The first-order chi connectivity index (χ1) is 7.29. The molecule has 0 bridgehead atoms. The highest BCUT2D eigenvalue weighted by atomic mass is 19.4. The second-order valence-corrected chi connectivity index (χ2v) is 4.19. The fraction of sp³-hybridized carbons (Fsp3) is 0.417. The van der Waals surface area contributed by atoms with Gasteiger partial charge >= 0.3 is 6.18 Å². The Labute approximate surface area is 92.3 Å². The van der Waals surface area contributed by atoms with Crippen molar-refractivity contribution in [3.05, 3.63) is 35.4 Å². The molecular weight excluding hydrogens is 217 g/mol. The molecule has 1 nitrogen and oxygen atoms in total. The molecule has 16 heavy (non-hydrogen) atoms. The van der Waals surface area contributed by atoms with Crippen LogP contribution in [0.3, 0.4) is 0 Å². The topological polar surface area (TPSA) is 17.1 Å². The number of aldehydes is 1. The first-order valence-corrected chi connectivity index (χ1v) is 4.89. The molecule has 0 aliphatic carbocycles. The first-order valence-electron chi connectivity index (χ1n) is 4.89. The molecular formula is C12H13F3O. The van der Waals surface area contributed by atoms with E-state index in [1.807, 2.05) is 0 Å². The molecule has 0 fully saturated rings. The molecule has 0 aliphatic rings. The van der Waals surface area contributed by atoms with Crippen LogP contribution in [0.1, 0.15) is 25.0 Å². The Balaban J connectivity index is 3.01. The van der Waals surface area contributed by atoms with E-state index in [4.69, 9.17) is 0 Å². The molecule has 4 heteroatoms. The van der Waals surface area contributed by atoms with Gasteiger partial charge in [-0.05, 0) is 25.0 Å². The smallest absolute Gasteiger partial charge is 0.303 e. The highest BCUT2D eigenvalue weighted by Crippen LogP contribution is 2.40. The zero-order valence-corrected chi connectivity index (χ0v) is 9.14. The Morgan fingerprint density at radius 1 is 1.12 bits per heavy atom. The van der Waals surface area contributed by atoms with Crippen molar-refractivity contribution >= 4 is 6.29 Å². The van der Waals surface area contributed by atoms with E-state index in [1.54, 1.807) is 12.1 Å². The zero-order valence-electron chi connectivity index (χ0n) is 9.14. The second kappa shape index (κ2) is 4.28. The average Bonchev–Trinajstić information content (AvgIpc) is 2.17. The molecule has 0 atom stereocenters. The van der Waals surface area contributed by atoms with Crippen molar-refractivity contribution in [2.75, 3.05) is 0 Å². The van der Waals surface area contributed by atoms with E-state index >= 15 is 0 Å². The third-order valence-electron chi connectivity index (χ3n) is 2.70. The molecule has 0 N–H and O–H groups in total. The summed E-state index contributed by atoms with van der Waals surface area (Å²) in [5.74, 6) is 0. The van der Waals surface area contributed by atoms with Crippen LogP contribution in [0.2, 0.25) is 0 Å². The van der Waals surface area contributed by atoms with E-state index in [1.165, 1.54) is 12.1 Å². The van der Waals surface area contributed by atoms with Crippen molar-refractivity contribution in [2.24, 2.45) is 0 Å². The van der Waals surface area contributed by atoms with Gasteiger partial charge in [0.1, 0.15) is 6.29 Å². The van der Waals surface area contributed by atoms with Gasteiger partial charge in [0.05, 0.1) is 5.41 Å². The van der Waals surface area contributed by atoms with Crippen LogP contribution in [0.4, 0.5) is 13.2 Å². The van der Waals surface area contributed by atoms with Crippen LogP contribution in [0.15, 0.2) is 24.3 Å². The monoisotopic (exact) mass is 230 g/mol. The molecule has 1 aromatic rings. The molecule has 0 saturated heterocycles. The summed E-state index contributed by atoms with van der Waals surface area (Å²) in [7, 11) is 0. The van der Waals surface area contributed by atoms with Crippen molar-refractivity contribution in [3.63, 3.8) is 0 Å². The average molecular weight is 230 g/mol. The standard InChI is InChI=1S/C12H13F3O/c1-11(2,12(13,14)15)10-5-3-9(4-6-10)7-8-16/h3-6,8H,7H2,1-2H3. The van der Waals surface area contributed by atoms with Gasteiger partial charge in [0.15, 0.2) is 0 Å². The van der Waals surface area contributed by atoms with Crippen LogP contribution in [0.25, 0.3) is 0 Å². The SMILES string of the molecule is CC(C)(c1ccc(CC=O)cc1)C(F)(F)F. The Bertz CT molecular complexity index is 363. The first kappa shape index (κ1) is 12.7. The predicted molar refractivity (Wildman–Crippen MR) is 55.3 cm³/mol. The number of carbonyl (C=O) groups is 1. The molecule has 0 unspecified atom stereocenters. The van der Waals surface area contributed by atoms with Gasteiger partial charge in [-0.3, -0.25) is 0 Å². The number of carbonyl (C=O) groups excluding carboxylic acids is 1. The lowest BCUT2D eigenvalue weighted by Crippen LogP contribution is -2.36. The molecule has 0 aromatic heterocycles. The van der Waals surface area contributed by atoms with E-state index in [0.717, 1.165) is 25.7 Å². The van der Waals surface area contributed by atoms with Crippen LogP contribution in [-0.4, -0.2) is 12.5 Å². The lowest BCUT2D eigenvalue weighted by Gasteiger charge is -2.28. The summed E-state index contributed by atoms with van der Waals surface area (Å²) in [5, 5.41) is 0. The van der Waals surface area contributed by atoms with Crippen LogP contribution in [-0.2, 0) is 16.6 Å². The summed E-state index contributed by atoms with van der Waals surface area (Å²) in [6, 6.07) is 5.95. The number of halogens is 3. The maximum atomic E-state index is 12.7. The van der Waals surface area contributed by atoms with Crippen molar-refractivity contribution in [1.82, 2.24) is 0 Å². The Morgan fingerprint density at radius 3 is 2.00 bits per heavy atom.